The number of fused-ring (bicyclic) bond motifs is 7. The average Bonchev–Trinajstić information content (AvgIpc) is 3.95. The number of anilines is 1. The topological polar surface area (TPSA) is 75.6 Å². The molecule has 2 aromatic carbocycles. The van der Waals surface area contributed by atoms with Crippen LogP contribution in [0.2, 0.25) is 0 Å². The molecule has 0 unspecified atom stereocenters. The summed E-state index contributed by atoms with van der Waals surface area (Å²) in [6, 6.07) is 9.03. The number of piperazine rings is 1. The molecule has 6 fully saturated rings. The van der Waals surface area contributed by atoms with Gasteiger partial charge in [0.25, 0.3) is 0 Å². The lowest BCUT2D eigenvalue weighted by Gasteiger charge is -2.42. The van der Waals surface area contributed by atoms with Crippen molar-refractivity contribution in [3.05, 3.63) is 47.5 Å². The number of pyridine rings is 1. The second kappa shape index (κ2) is 9.58. The molecule has 5 aliphatic heterocycles. The fourth-order valence-corrected chi connectivity index (χ4v) is 10.6. The molecule has 2 aromatic heterocycles. The van der Waals surface area contributed by atoms with Crippen molar-refractivity contribution < 1.29 is 18.3 Å². The number of terminal acetylenes is 1. The first-order valence-electron chi connectivity index (χ1n) is 17.9. The van der Waals surface area contributed by atoms with Gasteiger partial charge in [-0.25, -0.2) is 13.8 Å². The quantitative estimate of drug-likeness (QED) is 0.268. The first-order valence-corrected chi connectivity index (χ1v) is 17.9. The van der Waals surface area contributed by atoms with Gasteiger partial charge in [0, 0.05) is 42.7 Å². The lowest BCUT2D eigenvalue weighted by atomic mass is 9.85. The van der Waals surface area contributed by atoms with Crippen molar-refractivity contribution in [2.75, 3.05) is 31.1 Å². The number of aromatic nitrogens is 3. The maximum absolute atomic E-state index is 17.3. The average molecular weight is 661 g/mol. The Balaban J connectivity index is 1.09. The van der Waals surface area contributed by atoms with Gasteiger partial charge in [-0.05, 0) is 80.6 Å². The Morgan fingerprint density at radius 1 is 1.02 bits per heavy atom. The molecule has 4 aromatic rings. The summed E-state index contributed by atoms with van der Waals surface area (Å²) in [4.78, 5) is 19.8. The van der Waals surface area contributed by atoms with E-state index in [9.17, 15) is 0 Å². The Kier molecular flexibility index (Phi) is 5.62. The summed E-state index contributed by atoms with van der Waals surface area (Å²) in [5.41, 5.74) is 1.41. The number of hydrogen-bond acceptors (Lipinski definition) is 8. The van der Waals surface area contributed by atoms with Crippen LogP contribution in [0, 0.1) is 34.8 Å². The van der Waals surface area contributed by atoms with Gasteiger partial charge in [-0.15, -0.1) is 6.42 Å². The Bertz CT molecular complexity index is 2130. The summed E-state index contributed by atoms with van der Waals surface area (Å²) in [6.07, 6.45) is 15.1. The van der Waals surface area contributed by atoms with E-state index in [1.807, 2.05) is 13.0 Å². The van der Waals surface area contributed by atoms with Crippen molar-refractivity contribution in [3.63, 3.8) is 0 Å². The number of benzene rings is 2. The molecule has 11 rings (SSSR count). The fourth-order valence-electron chi connectivity index (χ4n) is 10.6. The van der Waals surface area contributed by atoms with E-state index in [0.29, 0.717) is 51.0 Å². The number of ether oxygens (including phenoxy) is 2. The first kappa shape index (κ1) is 28.7. The van der Waals surface area contributed by atoms with Crippen molar-refractivity contribution >= 4 is 27.5 Å². The molecule has 7 aliphatic rings. The molecule has 10 heteroatoms. The molecule has 0 amide bonds. The summed E-state index contributed by atoms with van der Waals surface area (Å²) in [7, 11) is 0. The number of nitrogens with one attached hydrogen (secondary N) is 1. The molecule has 49 heavy (non-hydrogen) atoms. The number of hydrogen-bond donors (Lipinski definition) is 1. The van der Waals surface area contributed by atoms with Crippen LogP contribution in [0.5, 0.6) is 11.9 Å². The molecule has 2 aliphatic carbocycles. The largest absolute Gasteiger partial charge is 0.472 e. The fraction of sp³-hybridized carbons (Fsp3) is 0.513. The lowest BCUT2D eigenvalue weighted by molar-refractivity contribution is 0.107. The molecule has 2 spiro atoms. The Labute approximate surface area is 283 Å². The van der Waals surface area contributed by atoms with Crippen LogP contribution >= 0.6 is 0 Å². The third-order valence-corrected chi connectivity index (χ3v) is 13.1. The zero-order valence-corrected chi connectivity index (χ0v) is 27.6. The summed E-state index contributed by atoms with van der Waals surface area (Å²) in [5.74, 6) is 2.20. The van der Waals surface area contributed by atoms with Crippen LogP contribution in [0.1, 0.15) is 63.9 Å². The Morgan fingerprint density at radius 3 is 2.57 bits per heavy atom. The monoisotopic (exact) mass is 660 g/mol. The molecule has 8 nitrogen and oxygen atoms in total. The van der Waals surface area contributed by atoms with Crippen LogP contribution in [-0.2, 0) is 0 Å². The van der Waals surface area contributed by atoms with Crippen LogP contribution in [0.3, 0.4) is 0 Å². The van der Waals surface area contributed by atoms with E-state index in [2.05, 4.69) is 21.0 Å². The Hall–Kier alpha value is -4.07. The zero-order valence-electron chi connectivity index (χ0n) is 27.6. The van der Waals surface area contributed by atoms with Gasteiger partial charge in [-0.3, -0.25) is 4.90 Å². The van der Waals surface area contributed by atoms with Gasteiger partial charge in [0.05, 0.1) is 17.1 Å². The van der Waals surface area contributed by atoms with Crippen LogP contribution in [0.15, 0.2) is 30.3 Å². The van der Waals surface area contributed by atoms with Crippen molar-refractivity contribution in [2.24, 2.45) is 10.8 Å². The molecule has 250 valence electrons. The zero-order chi connectivity index (χ0) is 32.9. The standard InChI is InChI=1S/C39H38F2N6O2/c1-3-24-26(40)9-7-22-5-4-6-25(28(22)24)31-30(41)32-29-34(47-15-23-8-10-27(42-23)33(47)21(2)49-35(29)43-31)45-36(44-32)48-20-39-16-37(11-12-37)18-46(39)19-38(17-39)13-14-38/h1,4-7,9,21,23,27,33,42H,8,10-20H2,2H3/t21-,23+,27-,33+/m0/s1. The van der Waals surface area contributed by atoms with Crippen LogP contribution < -0.4 is 19.7 Å². The second-order valence-corrected chi connectivity index (χ2v) is 16.3. The second-order valence-electron chi connectivity index (χ2n) is 16.3. The number of halogens is 2. The van der Waals surface area contributed by atoms with E-state index in [4.69, 9.17) is 30.8 Å². The summed E-state index contributed by atoms with van der Waals surface area (Å²) in [6.45, 7) is 5.57. The molecule has 2 bridgehead atoms. The van der Waals surface area contributed by atoms with Gasteiger partial charge in [0.2, 0.25) is 5.88 Å². The predicted molar refractivity (Wildman–Crippen MR) is 182 cm³/mol. The van der Waals surface area contributed by atoms with Crippen LogP contribution in [0.4, 0.5) is 14.6 Å². The van der Waals surface area contributed by atoms with Crippen molar-refractivity contribution in [2.45, 2.75) is 88.1 Å². The van der Waals surface area contributed by atoms with E-state index in [-0.39, 0.29) is 52.4 Å². The van der Waals surface area contributed by atoms with Crippen molar-refractivity contribution in [1.82, 2.24) is 25.2 Å². The highest BCUT2D eigenvalue weighted by atomic mass is 19.1. The maximum atomic E-state index is 17.3. The predicted octanol–water partition coefficient (Wildman–Crippen LogP) is 5.98. The summed E-state index contributed by atoms with van der Waals surface area (Å²) >= 11 is 0. The molecular formula is C39H38F2N6O2. The molecule has 7 heterocycles. The minimum absolute atomic E-state index is 0.0141. The van der Waals surface area contributed by atoms with E-state index in [0.717, 1.165) is 45.3 Å². The Morgan fingerprint density at radius 2 is 1.82 bits per heavy atom. The van der Waals surface area contributed by atoms with Crippen LogP contribution in [-0.4, -0.2) is 75.9 Å². The first-order chi connectivity index (χ1) is 23.8. The molecule has 0 radical (unpaired) electrons. The molecule has 1 N–H and O–H groups in total. The third kappa shape index (κ3) is 4.06. The van der Waals surface area contributed by atoms with E-state index in [1.165, 1.54) is 31.7 Å². The van der Waals surface area contributed by atoms with Crippen molar-refractivity contribution in [1.29, 1.82) is 0 Å². The highest BCUT2D eigenvalue weighted by Crippen LogP contribution is 2.67. The van der Waals surface area contributed by atoms with Crippen molar-refractivity contribution in [3.8, 4) is 35.5 Å². The van der Waals surface area contributed by atoms with Gasteiger partial charge in [0.1, 0.15) is 40.9 Å². The van der Waals surface area contributed by atoms with E-state index >= 15 is 8.78 Å². The number of nitrogens with zero attached hydrogens (tertiary/aromatic N) is 5. The van der Waals surface area contributed by atoms with Gasteiger partial charge in [0.15, 0.2) is 5.82 Å². The van der Waals surface area contributed by atoms with Gasteiger partial charge < -0.3 is 19.7 Å². The third-order valence-electron chi connectivity index (χ3n) is 13.1. The molecular weight excluding hydrogens is 622 g/mol. The summed E-state index contributed by atoms with van der Waals surface area (Å²) in [5, 5.41) is 5.34. The maximum Gasteiger partial charge on any atom is 0.319 e. The van der Waals surface area contributed by atoms with Gasteiger partial charge >= 0.3 is 6.01 Å². The molecule has 4 atom stereocenters. The normalized spacial score (nSPS) is 29.1. The van der Waals surface area contributed by atoms with Gasteiger partial charge in [-0.2, -0.15) is 9.97 Å². The lowest BCUT2D eigenvalue weighted by Crippen LogP contribution is -2.62. The van der Waals surface area contributed by atoms with E-state index < -0.39 is 11.6 Å². The SMILES string of the molecule is C#Cc1c(F)ccc2cccc(-c3nc4c5c(nc(OCC67CC8(CC8)CN6CC6(CC6)C7)nc5c3F)N3C[C@H]5CC[C@H](N5)[C@H]3[C@H](C)O4)c12. The highest BCUT2D eigenvalue weighted by Gasteiger charge is 2.67. The van der Waals surface area contributed by atoms with Crippen LogP contribution in [0.25, 0.3) is 32.9 Å². The smallest absolute Gasteiger partial charge is 0.319 e. The molecule has 4 saturated heterocycles. The molecule has 2 saturated carbocycles. The number of rotatable bonds is 4. The minimum atomic E-state index is -0.629. The minimum Gasteiger partial charge on any atom is -0.472 e. The summed E-state index contributed by atoms with van der Waals surface area (Å²) < 4.78 is 45.7. The van der Waals surface area contributed by atoms with Gasteiger partial charge in [-0.1, -0.05) is 30.2 Å². The van der Waals surface area contributed by atoms with E-state index in [1.54, 1.807) is 18.2 Å². The highest BCUT2D eigenvalue weighted by molar-refractivity contribution is 6.03.